The fourth-order valence-corrected chi connectivity index (χ4v) is 3.38. The number of alkyl halides is 3. The number of nitrogens with zero attached hydrogens (tertiary/aromatic N) is 2. The molecule has 24 heavy (non-hydrogen) atoms. The molecule has 2 N–H and O–H groups in total. The van der Waals surface area contributed by atoms with Crippen molar-refractivity contribution in [3.63, 3.8) is 0 Å². The number of rotatable bonds is 2. The second-order valence-electron chi connectivity index (χ2n) is 6.24. The Balaban J connectivity index is 1.75. The quantitative estimate of drug-likeness (QED) is 0.806. The summed E-state index contributed by atoms with van der Waals surface area (Å²) in [6.07, 6.45) is -2.16. The molecule has 3 rings (SSSR count). The average molecular weight is 342 g/mol. The molecule has 130 valence electrons. The van der Waals surface area contributed by atoms with Crippen LogP contribution >= 0.6 is 0 Å². The van der Waals surface area contributed by atoms with E-state index in [1.165, 1.54) is 12.3 Å². The molecule has 3 heterocycles. The van der Waals surface area contributed by atoms with E-state index < -0.39 is 23.3 Å². The minimum atomic E-state index is -4.47. The van der Waals surface area contributed by atoms with Crippen molar-refractivity contribution < 1.29 is 22.8 Å². The number of hydrogen-bond donors (Lipinski definition) is 2. The Morgan fingerprint density at radius 2 is 1.96 bits per heavy atom. The van der Waals surface area contributed by atoms with Crippen molar-refractivity contribution in [1.29, 1.82) is 0 Å². The van der Waals surface area contributed by atoms with Crippen molar-refractivity contribution in [3.8, 4) is 0 Å². The second-order valence-corrected chi connectivity index (χ2v) is 6.24. The number of nitrogens with one attached hydrogen (secondary N) is 2. The molecule has 2 fully saturated rings. The molecule has 9 heteroatoms. The third-order valence-corrected chi connectivity index (χ3v) is 4.78. The van der Waals surface area contributed by atoms with E-state index >= 15 is 0 Å². The van der Waals surface area contributed by atoms with E-state index in [1.807, 2.05) is 0 Å². The summed E-state index contributed by atoms with van der Waals surface area (Å²) in [5, 5.41) is 4.84. The lowest BCUT2D eigenvalue weighted by Gasteiger charge is -2.39. The number of carbonyl (C=O) groups excluding carboxylic acids is 2. The highest BCUT2D eigenvalue weighted by molar-refractivity contribution is 6.06. The monoisotopic (exact) mass is 342 g/mol. The van der Waals surface area contributed by atoms with Gasteiger partial charge in [0.15, 0.2) is 0 Å². The number of piperidine rings is 1. The van der Waals surface area contributed by atoms with Gasteiger partial charge < -0.3 is 10.2 Å². The number of anilines is 1. The third-order valence-electron chi connectivity index (χ3n) is 4.78. The number of pyridine rings is 1. The van der Waals surface area contributed by atoms with E-state index in [0.29, 0.717) is 25.9 Å². The first-order valence-corrected chi connectivity index (χ1v) is 7.62. The topological polar surface area (TPSA) is 74.3 Å². The molecule has 0 spiro atoms. The van der Waals surface area contributed by atoms with Crippen LogP contribution in [0.1, 0.15) is 25.3 Å². The highest BCUT2D eigenvalue weighted by atomic mass is 19.4. The van der Waals surface area contributed by atoms with E-state index in [2.05, 4.69) is 15.6 Å². The van der Waals surface area contributed by atoms with Gasteiger partial charge in [-0.25, -0.2) is 9.78 Å². The predicted molar refractivity (Wildman–Crippen MR) is 79.3 cm³/mol. The molecule has 1 atom stereocenters. The van der Waals surface area contributed by atoms with E-state index in [9.17, 15) is 22.8 Å². The summed E-state index contributed by atoms with van der Waals surface area (Å²) in [6, 6.07) is 1.74. The van der Waals surface area contributed by atoms with Crippen LogP contribution in [0, 0.1) is 5.92 Å². The molecule has 0 aromatic carbocycles. The lowest BCUT2D eigenvalue weighted by molar-refractivity contribution is -0.137. The number of carbonyl (C=O) groups is 2. The first kappa shape index (κ1) is 16.5. The number of hydrogen-bond acceptors (Lipinski definition) is 4. The molecule has 1 aromatic heterocycles. The van der Waals surface area contributed by atoms with Crippen molar-refractivity contribution >= 4 is 17.8 Å². The van der Waals surface area contributed by atoms with Crippen LogP contribution in [0.25, 0.3) is 0 Å². The number of halogens is 3. The number of amides is 3. The van der Waals surface area contributed by atoms with Gasteiger partial charge in [-0.05, 0) is 37.8 Å². The molecule has 0 bridgehead atoms. The number of aromatic nitrogens is 1. The lowest BCUT2D eigenvalue weighted by atomic mass is 9.79. The smallest absolute Gasteiger partial charge is 0.356 e. The summed E-state index contributed by atoms with van der Waals surface area (Å²) in [4.78, 5) is 28.8. The number of imide groups is 1. The van der Waals surface area contributed by atoms with E-state index in [-0.39, 0.29) is 17.6 Å². The molecule has 1 aromatic rings. The summed E-state index contributed by atoms with van der Waals surface area (Å²) < 4.78 is 39.3. The van der Waals surface area contributed by atoms with Gasteiger partial charge in [0.1, 0.15) is 11.4 Å². The molecule has 0 radical (unpaired) electrons. The summed E-state index contributed by atoms with van der Waals surface area (Å²) in [7, 11) is 0. The van der Waals surface area contributed by atoms with Gasteiger partial charge in [-0.15, -0.1) is 0 Å². The molecule has 3 amide bonds. The first-order chi connectivity index (χ1) is 11.2. The molecule has 0 saturated carbocycles. The lowest BCUT2D eigenvalue weighted by Crippen LogP contribution is -2.54. The molecule has 2 saturated heterocycles. The predicted octanol–water partition coefficient (Wildman–Crippen LogP) is 1.91. The van der Waals surface area contributed by atoms with E-state index in [4.69, 9.17) is 0 Å². The molecular formula is C15H17F3N4O2. The zero-order valence-corrected chi connectivity index (χ0v) is 13.0. The standard InChI is InChI=1S/C15H17F3N4O2/c1-14(12(23)20-13(24)21-14)9-4-7-22(8-5-9)11-10(15(16,17)18)3-2-6-19-11/h2-3,6,9H,4-5,7-8H2,1H3,(H2,20,21,23,24). The van der Waals surface area contributed by atoms with Crippen LogP contribution in [0.2, 0.25) is 0 Å². The maximum absolute atomic E-state index is 13.1. The fraction of sp³-hybridized carbons (Fsp3) is 0.533. The Hall–Kier alpha value is -2.32. The van der Waals surface area contributed by atoms with Crippen LogP contribution < -0.4 is 15.5 Å². The van der Waals surface area contributed by atoms with Crippen molar-refractivity contribution in [2.45, 2.75) is 31.5 Å². The molecule has 1 unspecified atom stereocenters. The highest BCUT2D eigenvalue weighted by Gasteiger charge is 2.49. The van der Waals surface area contributed by atoms with Gasteiger partial charge in [0.25, 0.3) is 5.91 Å². The van der Waals surface area contributed by atoms with Crippen molar-refractivity contribution in [1.82, 2.24) is 15.6 Å². The summed E-state index contributed by atoms with van der Waals surface area (Å²) in [6.45, 7) is 2.32. The maximum atomic E-state index is 13.1. The second kappa shape index (κ2) is 5.64. The highest BCUT2D eigenvalue weighted by Crippen LogP contribution is 2.38. The Morgan fingerprint density at radius 1 is 1.29 bits per heavy atom. The Labute approximate surface area is 136 Å². The van der Waals surface area contributed by atoms with Gasteiger partial charge in [0.05, 0.1) is 5.56 Å². The maximum Gasteiger partial charge on any atom is 0.419 e. The van der Waals surface area contributed by atoms with Crippen molar-refractivity contribution in [3.05, 3.63) is 23.9 Å². The SMILES string of the molecule is CC1(C2CCN(c3ncccc3C(F)(F)F)CC2)NC(=O)NC1=O. The van der Waals surface area contributed by atoms with Gasteiger partial charge >= 0.3 is 12.2 Å². The van der Waals surface area contributed by atoms with Crippen LogP contribution in [0.4, 0.5) is 23.8 Å². The Kier molecular flexibility index (Phi) is 3.89. The molecule has 2 aliphatic rings. The van der Waals surface area contributed by atoms with E-state index in [0.717, 1.165) is 6.07 Å². The molecule has 6 nitrogen and oxygen atoms in total. The van der Waals surface area contributed by atoms with E-state index in [1.54, 1.807) is 11.8 Å². The Bertz CT molecular complexity index is 671. The zero-order valence-electron chi connectivity index (χ0n) is 13.0. The normalized spacial score (nSPS) is 25.6. The van der Waals surface area contributed by atoms with Gasteiger partial charge in [-0.3, -0.25) is 10.1 Å². The number of urea groups is 1. The van der Waals surface area contributed by atoms with Crippen molar-refractivity contribution in [2.75, 3.05) is 18.0 Å². The minimum absolute atomic E-state index is 0.0893. The summed E-state index contributed by atoms with van der Waals surface area (Å²) in [5.74, 6) is -0.619. The van der Waals surface area contributed by atoms with Crippen LogP contribution in [-0.4, -0.2) is 35.6 Å². The molecule has 0 aliphatic carbocycles. The summed E-state index contributed by atoms with van der Waals surface area (Å²) in [5.41, 5.74) is -1.78. The fourth-order valence-electron chi connectivity index (χ4n) is 3.38. The largest absolute Gasteiger partial charge is 0.419 e. The zero-order chi connectivity index (χ0) is 17.5. The Morgan fingerprint density at radius 3 is 2.50 bits per heavy atom. The third kappa shape index (κ3) is 2.78. The van der Waals surface area contributed by atoms with Gasteiger partial charge in [-0.2, -0.15) is 13.2 Å². The summed E-state index contributed by atoms with van der Waals surface area (Å²) >= 11 is 0. The molecular weight excluding hydrogens is 325 g/mol. The van der Waals surface area contributed by atoms with Gasteiger partial charge in [-0.1, -0.05) is 0 Å². The van der Waals surface area contributed by atoms with Gasteiger partial charge in [0.2, 0.25) is 0 Å². The average Bonchev–Trinajstić information content (AvgIpc) is 2.80. The first-order valence-electron chi connectivity index (χ1n) is 7.62. The molecule has 2 aliphatic heterocycles. The minimum Gasteiger partial charge on any atom is -0.356 e. The van der Waals surface area contributed by atoms with Crippen molar-refractivity contribution in [2.24, 2.45) is 5.92 Å². The van der Waals surface area contributed by atoms with Crippen LogP contribution in [-0.2, 0) is 11.0 Å². The van der Waals surface area contributed by atoms with Gasteiger partial charge in [0, 0.05) is 19.3 Å². The van der Waals surface area contributed by atoms with Crippen LogP contribution in [0.3, 0.4) is 0 Å². The van der Waals surface area contributed by atoms with Crippen LogP contribution in [0.15, 0.2) is 18.3 Å². The van der Waals surface area contributed by atoms with Crippen LogP contribution in [0.5, 0.6) is 0 Å².